The number of benzene rings is 1. The normalized spacial score (nSPS) is 13.9. The first-order chi connectivity index (χ1) is 9.79. The monoisotopic (exact) mass is 264 g/mol. The van der Waals surface area contributed by atoms with Crippen molar-refractivity contribution < 1.29 is 9.53 Å². The van der Waals surface area contributed by atoms with Crippen LogP contribution < -0.4 is 4.74 Å². The third kappa shape index (κ3) is 2.14. The van der Waals surface area contributed by atoms with Crippen LogP contribution in [0, 0.1) is 11.3 Å². The number of nitriles is 1. The van der Waals surface area contributed by atoms with Crippen LogP contribution in [-0.2, 0) is 6.42 Å². The lowest BCUT2D eigenvalue weighted by Gasteiger charge is -2.09. The van der Waals surface area contributed by atoms with Gasteiger partial charge in [0.15, 0.2) is 5.78 Å². The molecule has 1 atom stereocenters. The Bertz CT molecular complexity index is 689. The molecule has 1 aromatic carbocycles. The Kier molecular flexibility index (Phi) is 3.18. The highest BCUT2D eigenvalue weighted by atomic mass is 16.5. The number of fused-ring (bicyclic) bond motifs is 1. The molecule has 1 aliphatic rings. The molecule has 1 aliphatic heterocycles. The van der Waals surface area contributed by atoms with E-state index >= 15 is 0 Å². The molecule has 4 heteroatoms. The smallest absolute Gasteiger partial charge is 0.184 e. The number of nitrogens with zero attached hydrogens (tertiary/aromatic N) is 2. The second-order valence-corrected chi connectivity index (χ2v) is 4.63. The summed E-state index contributed by atoms with van der Waals surface area (Å²) in [4.78, 5) is 16.4. The van der Waals surface area contributed by atoms with Gasteiger partial charge in [-0.25, -0.2) is 0 Å². The van der Waals surface area contributed by atoms with Crippen LogP contribution >= 0.6 is 0 Å². The van der Waals surface area contributed by atoms with Crippen molar-refractivity contribution >= 4 is 5.78 Å². The van der Waals surface area contributed by atoms with Gasteiger partial charge in [-0.15, -0.1) is 0 Å². The molecule has 2 aromatic rings. The number of hydrogen-bond donors (Lipinski definition) is 0. The number of carbonyl (C=O) groups excluding carboxylic acids is 1. The fraction of sp³-hybridized carbons (Fsp3) is 0.188. The average molecular weight is 264 g/mol. The molecule has 4 nitrogen and oxygen atoms in total. The summed E-state index contributed by atoms with van der Waals surface area (Å²) in [5, 5.41) is 9.28. The standard InChI is InChI=1S/C16H12N2O2/c17-9-14(13-2-1-6-18-10-13)16(19)12-3-4-15-11(8-12)5-7-20-15/h1-4,6,8,10,14H,5,7H2. The number of rotatable bonds is 3. The maximum absolute atomic E-state index is 12.5. The minimum atomic E-state index is -0.816. The number of carbonyl (C=O) groups is 1. The summed E-state index contributed by atoms with van der Waals surface area (Å²) in [7, 11) is 0. The second-order valence-electron chi connectivity index (χ2n) is 4.63. The largest absolute Gasteiger partial charge is 0.493 e. The van der Waals surface area contributed by atoms with Gasteiger partial charge in [0.1, 0.15) is 11.7 Å². The van der Waals surface area contributed by atoms with Crippen LogP contribution in [0.5, 0.6) is 5.75 Å². The minimum absolute atomic E-state index is 0.199. The zero-order valence-corrected chi connectivity index (χ0v) is 10.7. The quantitative estimate of drug-likeness (QED) is 0.799. The molecule has 20 heavy (non-hydrogen) atoms. The van der Waals surface area contributed by atoms with Gasteiger partial charge in [-0.2, -0.15) is 5.26 Å². The number of hydrogen-bond acceptors (Lipinski definition) is 4. The molecule has 0 spiro atoms. The van der Waals surface area contributed by atoms with E-state index < -0.39 is 5.92 Å². The van der Waals surface area contributed by atoms with E-state index in [1.54, 1.807) is 36.7 Å². The number of ketones is 1. The van der Waals surface area contributed by atoms with Crippen molar-refractivity contribution in [1.82, 2.24) is 4.98 Å². The maximum atomic E-state index is 12.5. The Morgan fingerprint density at radius 2 is 2.30 bits per heavy atom. The van der Waals surface area contributed by atoms with E-state index in [-0.39, 0.29) is 5.78 Å². The minimum Gasteiger partial charge on any atom is -0.493 e. The zero-order chi connectivity index (χ0) is 13.9. The SMILES string of the molecule is N#CC(C(=O)c1ccc2c(c1)CCO2)c1cccnc1. The van der Waals surface area contributed by atoms with E-state index in [1.165, 1.54) is 0 Å². The highest BCUT2D eigenvalue weighted by molar-refractivity contribution is 6.03. The average Bonchev–Trinajstić information content (AvgIpc) is 2.96. The molecule has 3 rings (SSSR count). The Morgan fingerprint density at radius 3 is 3.05 bits per heavy atom. The summed E-state index contributed by atoms with van der Waals surface area (Å²) in [6.07, 6.45) is 3.98. The molecule has 98 valence electrons. The van der Waals surface area contributed by atoms with Crippen LogP contribution in [0.15, 0.2) is 42.7 Å². The summed E-state index contributed by atoms with van der Waals surface area (Å²) >= 11 is 0. The molecule has 2 heterocycles. The van der Waals surface area contributed by atoms with Crippen molar-refractivity contribution in [2.75, 3.05) is 6.61 Å². The van der Waals surface area contributed by atoms with Gasteiger partial charge in [0.25, 0.3) is 0 Å². The highest BCUT2D eigenvalue weighted by Crippen LogP contribution is 2.28. The lowest BCUT2D eigenvalue weighted by molar-refractivity contribution is 0.0978. The van der Waals surface area contributed by atoms with E-state index in [2.05, 4.69) is 11.1 Å². The molecule has 0 saturated carbocycles. The van der Waals surface area contributed by atoms with Crippen molar-refractivity contribution in [3.05, 3.63) is 59.4 Å². The molecular formula is C16H12N2O2. The third-order valence-corrected chi connectivity index (χ3v) is 3.38. The lowest BCUT2D eigenvalue weighted by atomic mass is 9.92. The van der Waals surface area contributed by atoms with Gasteiger partial charge in [0.05, 0.1) is 12.7 Å². The highest BCUT2D eigenvalue weighted by Gasteiger charge is 2.23. The fourth-order valence-corrected chi connectivity index (χ4v) is 2.34. The van der Waals surface area contributed by atoms with Gasteiger partial charge in [0, 0.05) is 24.4 Å². The van der Waals surface area contributed by atoms with Gasteiger partial charge in [-0.3, -0.25) is 9.78 Å². The zero-order valence-electron chi connectivity index (χ0n) is 10.7. The molecule has 0 aliphatic carbocycles. The van der Waals surface area contributed by atoms with Crippen LogP contribution in [0.2, 0.25) is 0 Å². The third-order valence-electron chi connectivity index (χ3n) is 3.38. The number of aromatic nitrogens is 1. The summed E-state index contributed by atoms with van der Waals surface area (Å²) in [6, 6.07) is 10.9. The number of pyridine rings is 1. The van der Waals surface area contributed by atoms with Crippen LogP contribution in [0.4, 0.5) is 0 Å². The van der Waals surface area contributed by atoms with E-state index in [1.807, 2.05) is 6.07 Å². The predicted molar refractivity (Wildman–Crippen MR) is 72.6 cm³/mol. The van der Waals surface area contributed by atoms with Gasteiger partial charge in [-0.05, 0) is 35.4 Å². The number of Topliss-reactive ketones (excluding diaryl/α,β-unsaturated/α-hetero) is 1. The molecule has 0 bridgehead atoms. The molecule has 0 fully saturated rings. The van der Waals surface area contributed by atoms with Crippen molar-refractivity contribution in [1.29, 1.82) is 5.26 Å². The molecule has 1 aromatic heterocycles. The predicted octanol–water partition coefficient (Wildman–Crippen LogP) is 2.51. The summed E-state index contributed by atoms with van der Waals surface area (Å²) in [6.45, 7) is 0.650. The number of ether oxygens (including phenoxy) is 1. The van der Waals surface area contributed by atoms with Crippen LogP contribution in [0.1, 0.15) is 27.4 Å². The van der Waals surface area contributed by atoms with Crippen molar-refractivity contribution in [3.8, 4) is 11.8 Å². The van der Waals surface area contributed by atoms with Gasteiger partial charge < -0.3 is 4.74 Å². The molecule has 0 amide bonds. The molecule has 1 unspecified atom stereocenters. The van der Waals surface area contributed by atoms with E-state index in [0.29, 0.717) is 17.7 Å². The summed E-state index contributed by atoms with van der Waals surface area (Å²) in [5.74, 6) is -0.185. The molecule has 0 radical (unpaired) electrons. The van der Waals surface area contributed by atoms with Crippen LogP contribution in [0.25, 0.3) is 0 Å². The van der Waals surface area contributed by atoms with Crippen molar-refractivity contribution in [2.45, 2.75) is 12.3 Å². The van der Waals surface area contributed by atoms with Gasteiger partial charge in [0.2, 0.25) is 0 Å². The topological polar surface area (TPSA) is 63.0 Å². The van der Waals surface area contributed by atoms with Gasteiger partial charge >= 0.3 is 0 Å². The second kappa shape index (κ2) is 5.14. The van der Waals surface area contributed by atoms with E-state index in [0.717, 1.165) is 17.7 Å². The lowest BCUT2D eigenvalue weighted by Crippen LogP contribution is -2.11. The molecule has 0 N–H and O–H groups in total. The van der Waals surface area contributed by atoms with Crippen molar-refractivity contribution in [2.24, 2.45) is 0 Å². The van der Waals surface area contributed by atoms with Crippen LogP contribution in [-0.4, -0.2) is 17.4 Å². The summed E-state index contributed by atoms with van der Waals surface area (Å²) in [5.41, 5.74) is 2.19. The molecular weight excluding hydrogens is 252 g/mol. The Hall–Kier alpha value is -2.67. The Balaban J connectivity index is 1.94. The first-order valence-electron chi connectivity index (χ1n) is 6.39. The Labute approximate surface area is 116 Å². The molecule has 0 saturated heterocycles. The van der Waals surface area contributed by atoms with E-state index in [4.69, 9.17) is 4.74 Å². The first kappa shape index (κ1) is 12.4. The first-order valence-corrected chi connectivity index (χ1v) is 6.39. The van der Waals surface area contributed by atoms with Gasteiger partial charge in [-0.1, -0.05) is 6.07 Å². The Morgan fingerprint density at radius 1 is 1.40 bits per heavy atom. The van der Waals surface area contributed by atoms with E-state index in [9.17, 15) is 10.1 Å². The maximum Gasteiger partial charge on any atom is 0.184 e. The van der Waals surface area contributed by atoms with Crippen molar-refractivity contribution in [3.63, 3.8) is 0 Å². The fourth-order valence-electron chi connectivity index (χ4n) is 2.34. The van der Waals surface area contributed by atoms with Crippen LogP contribution in [0.3, 0.4) is 0 Å². The summed E-state index contributed by atoms with van der Waals surface area (Å²) < 4.78 is 5.42.